The minimum Gasteiger partial charge on any atom is -0.490 e. The maximum Gasteiger partial charge on any atom is 0.200 e. The average Bonchev–Trinajstić information content (AvgIpc) is 2.18. The Morgan fingerprint density at radius 1 is 1.21 bits per heavy atom. The Hall–Kier alpha value is -1.12. The maximum atomic E-state index is 13.2. The van der Waals surface area contributed by atoms with Crippen LogP contribution in [0.15, 0.2) is 12.1 Å². The van der Waals surface area contributed by atoms with E-state index >= 15 is 0 Å². The van der Waals surface area contributed by atoms with Crippen molar-refractivity contribution in [1.29, 1.82) is 0 Å². The highest BCUT2D eigenvalue weighted by atomic mass is 19.2. The molecule has 0 N–H and O–H groups in total. The molecule has 3 heteroatoms. The third-order valence-electron chi connectivity index (χ3n) is 2.00. The summed E-state index contributed by atoms with van der Waals surface area (Å²) in [5, 5.41) is 0. The number of aryl methyl sites for hydroxylation is 1. The molecule has 1 aromatic rings. The molecule has 0 fully saturated rings. The van der Waals surface area contributed by atoms with Gasteiger partial charge in [0.25, 0.3) is 0 Å². The average molecular weight is 200 g/mol. The zero-order chi connectivity index (χ0) is 10.6. The number of benzene rings is 1. The van der Waals surface area contributed by atoms with E-state index in [1.165, 1.54) is 19.1 Å². The van der Waals surface area contributed by atoms with Gasteiger partial charge in [-0.05, 0) is 25.0 Å². The molecule has 0 atom stereocenters. The third kappa shape index (κ3) is 2.44. The third-order valence-corrected chi connectivity index (χ3v) is 2.00. The molecule has 0 saturated carbocycles. The lowest BCUT2D eigenvalue weighted by Gasteiger charge is -2.07. The van der Waals surface area contributed by atoms with Gasteiger partial charge in [-0.2, -0.15) is 4.39 Å². The highest BCUT2D eigenvalue weighted by Gasteiger charge is 2.11. The standard InChI is InChI=1S/C11H14F2O/c1-3-4-7-14-9-6-5-8(2)10(12)11(9)13/h5-6H,3-4,7H2,1-2H3. The van der Waals surface area contributed by atoms with Gasteiger partial charge in [-0.25, -0.2) is 4.39 Å². The van der Waals surface area contributed by atoms with Crippen molar-refractivity contribution >= 4 is 0 Å². The van der Waals surface area contributed by atoms with Gasteiger partial charge in [-0.3, -0.25) is 0 Å². The molecule has 0 amide bonds. The summed E-state index contributed by atoms with van der Waals surface area (Å²) in [6.45, 7) is 3.96. The van der Waals surface area contributed by atoms with Crippen molar-refractivity contribution < 1.29 is 13.5 Å². The van der Waals surface area contributed by atoms with Crippen LogP contribution in [0.5, 0.6) is 5.75 Å². The van der Waals surface area contributed by atoms with Crippen LogP contribution in [0.4, 0.5) is 8.78 Å². The SMILES string of the molecule is CCCCOc1ccc(C)c(F)c1F. The summed E-state index contributed by atoms with van der Waals surface area (Å²) in [6.07, 6.45) is 1.81. The Morgan fingerprint density at radius 3 is 2.57 bits per heavy atom. The number of halogens is 2. The highest BCUT2D eigenvalue weighted by molar-refractivity contribution is 5.30. The van der Waals surface area contributed by atoms with Crippen molar-refractivity contribution in [2.24, 2.45) is 0 Å². The normalized spacial score (nSPS) is 10.3. The Balaban J connectivity index is 2.73. The smallest absolute Gasteiger partial charge is 0.200 e. The zero-order valence-electron chi connectivity index (χ0n) is 8.44. The molecule has 0 aliphatic rings. The summed E-state index contributed by atoms with van der Waals surface area (Å²) in [7, 11) is 0. The van der Waals surface area contributed by atoms with Crippen LogP contribution in [0.3, 0.4) is 0 Å². The van der Waals surface area contributed by atoms with E-state index < -0.39 is 11.6 Å². The molecule has 78 valence electrons. The van der Waals surface area contributed by atoms with E-state index in [0.29, 0.717) is 12.2 Å². The van der Waals surface area contributed by atoms with E-state index in [1.807, 2.05) is 6.92 Å². The summed E-state index contributed by atoms with van der Waals surface area (Å²) in [5.74, 6) is -1.71. The van der Waals surface area contributed by atoms with Crippen LogP contribution in [0.1, 0.15) is 25.3 Å². The Labute approximate surface area is 82.7 Å². The van der Waals surface area contributed by atoms with Gasteiger partial charge in [-0.1, -0.05) is 19.4 Å². The molecule has 0 aromatic heterocycles. The molecule has 14 heavy (non-hydrogen) atoms. The van der Waals surface area contributed by atoms with Gasteiger partial charge in [0.05, 0.1) is 6.61 Å². The van der Waals surface area contributed by atoms with Crippen LogP contribution in [-0.4, -0.2) is 6.61 Å². The van der Waals surface area contributed by atoms with Gasteiger partial charge in [0.1, 0.15) is 0 Å². The summed E-state index contributed by atoms with van der Waals surface area (Å²) >= 11 is 0. The van der Waals surface area contributed by atoms with Crippen molar-refractivity contribution in [3.8, 4) is 5.75 Å². The molecule has 0 aliphatic heterocycles. The predicted molar refractivity (Wildman–Crippen MR) is 51.5 cm³/mol. The quantitative estimate of drug-likeness (QED) is 0.676. The minimum atomic E-state index is -0.888. The van der Waals surface area contributed by atoms with Crippen molar-refractivity contribution in [1.82, 2.24) is 0 Å². The molecule has 0 saturated heterocycles. The first kappa shape index (κ1) is 11.0. The van der Waals surface area contributed by atoms with Crippen LogP contribution in [0.2, 0.25) is 0 Å². The van der Waals surface area contributed by atoms with Crippen LogP contribution < -0.4 is 4.74 Å². The zero-order valence-corrected chi connectivity index (χ0v) is 8.44. The number of unbranched alkanes of at least 4 members (excludes halogenated alkanes) is 1. The first-order valence-corrected chi connectivity index (χ1v) is 4.74. The summed E-state index contributed by atoms with van der Waals surface area (Å²) < 4.78 is 31.3. The van der Waals surface area contributed by atoms with Crippen molar-refractivity contribution in [3.63, 3.8) is 0 Å². The van der Waals surface area contributed by atoms with Gasteiger partial charge in [0, 0.05) is 0 Å². The fraction of sp³-hybridized carbons (Fsp3) is 0.455. The van der Waals surface area contributed by atoms with E-state index in [1.54, 1.807) is 0 Å². The molecule has 0 spiro atoms. The molecule has 0 unspecified atom stereocenters. The Morgan fingerprint density at radius 2 is 1.93 bits per heavy atom. The van der Waals surface area contributed by atoms with Crippen LogP contribution >= 0.6 is 0 Å². The van der Waals surface area contributed by atoms with E-state index in [9.17, 15) is 8.78 Å². The molecule has 0 aliphatic carbocycles. The summed E-state index contributed by atoms with van der Waals surface area (Å²) in [5.41, 5.74) is 0.297. The topological polar surface area (TPSA) is 9.23 Å². The van der Waals surface area contributed by atoms with Crippen LogP contribution in [-0.2, 0) is 0 Å². The molecule has 0 radical (unpaired) electrons. The molecular formula is C11H14F2O. The van der Waals surface area contributed by atoms with Gasteiger partial charge in [0.15, 0.2) is 11.6 Å². The molecule has 1 nitrogen and oxygen atoms in total. The Kier molecular flexibility index (Phi) is 3.86. The van der Waals surface area contributed by atoms with Crippen molar-refractivity contribution in [2.45, 2.75) is 26.7 Å². The highest BCUT2D eigenvalue weighted by Crippen LogP contribution is 2.22. The molecule has 0 bridgehead atoms. The molecule has 0 heterocycles. The number of hydrogen-bond donors (Lipinski definition) is 0. The van der Waals surface area contributed by atoms with Crippen LogP contribution in [0, 0.1) is 18.6 Å². The largest absolute Gasteiger partial charge is 0.490 e. The fourth-order valence-corrected chi connectivity index (χ4v) is 1.07. The van der Waals surface area contributed by atoms with Crippen LogP contribution in [0.25, 0.3) is 0 Å². The number of rotatable bonds is 4. The van der Waals surface area contributed by atoms with Crippen molar-refractivity contribution in [2.75, 3.05) is 6.61 Å². The van der Waals surface area contributed by atoms with Gasteiger partial charge >= 0.3 is 0 Å². The maximum absolute atomic E-state index is 13.2. The van der Waals surface area contributed by atoms with Gasteiger partial charge in [-0.15, -0.1) is 0 Å². The van der Waals surface area contributed by atoms with Crippen molar-refractivity contribution in [3.05, 3.63) is 29.3 Å². The second kappa shape index (κ2) is 4.94. The minimum absolute atomic E-state index is 0.00144. The van der Waals surface area contributed by atoms with Gasteiger partial charge < -0.3 is 4.74 Å². The van der Waals surface area contributed by atoms with Gasteiger partial charge in [0.2, 0.25) is 5.82 Å². The van der Waals surface area contributed by atoms with E-state index in [4.69, 9.17) is 4.74 Å². The summed E-state index contributed by atoms with van der Waals surface area (Å²) in [6, 6.07) is 2.98. The number of hydrogen-bond acceptors (Lipinski definition) is 1. The van der Waals surface area contributed by atoms with E-state index in [0.717, 1.165) is 12.8 Å². The second-order valence-corrected chi connectivity index (χ2v) is 3.21. The van der Waals surface area contributed by atoms with E-state index in [2.05, 4.69) is 0 Å². The molecule has 1 aromatic carbocycles. The fourth-order valence-electron chi connectivity index (χ4n) is 1.07. The second-order valence-electron chi connectivity index (χ2n) is 3.21. The lowest BCUT2D eigenvalue weighted by atomic mass is 10.2. The predicted octanol–water partition coefficient (Wildman–Crippen LogP) is 3.45. The Bertz CT molecular complexity index is 310. The molecular weight excluding hydrogens is 186 g/mol. The molecule has 1 rings (SSSR count). The first-order valence-electron chi connectivity index (χ1n) is 4.74. The lowest BCUT2D eigenvalue weighted by Crippen LogP contribution is -2.01. The monoisotopic (exact) mass is 200 g/mol. The lowest BCUT2D eigenvalue weighted by molar-refractivity contribution is 0.288. The first-order chi connectivity index (χ1) is 6.66. The summed E-state index contributed by atoms with van der Waals surface area (Å²) in [4.78, 5) is 0. The van der Waals surface area contributed by atoms with E-state index in [-0.39, 0.29) is 5.75 Å². The number of ether oxygens (including phenoxy) is 1.